The van der Waals surface area contributed by atoms with Gasteiger partial charge in [0.15, 0.2) is 0 Å². The minimum Gasteiger partial charge on any atom is -0.378 e. The predicted octanol–water partition coefficient (Wildman–Crippen LogP) is 2.17. The number of hydrogen-bond acceptors (Lipinski definition) is 3. The summed E-state index contributed by atoms with van der Waals surface area (Å²) in [6.07, 6.45) is 3.65. The predicted molar refractivity (Wildman–Crippen MR) is 76.1 cm³/mol. The van der Waals surface area contributed by atoms with E-state index in [4.69, 9.17) is 4.74 Å². The van der Waals surface area contributed by atoms with Gasteiger partial charge in [-0.05, 0) is 44.9 Å². The summed E-state index contributed by atoms with van der Waals surface area (Å²) in [6.45, 7) is 3.58. The summed E-state index contributed by atoms with van der Waals surface area (Å²) in [5.41, 5.74) is 0.834. The zero-order valence-corrected chi connectivity index (χ0v) is 11.4. The Morgan fingerprint density at radius 3 is 2.89 bits per heavy atom. The Labute approximate surface area is 114 Å². The summed E-state index contributed by atoms with van der Waals surface area (Å²) in [6, 6.07) is 9.32. The standard InChI is InChI=1S/C15H22N2O2/c1-12(16-10-9-14-8-5-11-19-14)15(18)17-13-6-3-2-4-7-13/h2-4,6-7,12,14,16H,5,8-11H2,1H3,(H,17,18). The van der Waals surface area contributed by atoms with Crippen LogP contribution in [0.15, 0.2) is 30.3 Å². The van der Waals surface area contributed by atoms with Crippen LogP contribution in [0.25, 0.3) is 0 Å². The Morgan fingerprint density at radius 1 is 1.42 bits per heavy atom. The van der Waals surface area contributed by atoms with Crippen molar-refractivity contribution in [2.45, 2.75) is 38.3 Å². The quantitative estimate of drug-likeness (QED) is 0.826. The monoisotopic (exact) mass is 262 g/mol. The van der Waals surface area contributed by atoms with Crippen molar-refractivity contribution in [1.29, 1.82) is 0 Å². The Balaban J connectivity index is 1.67. The molecule has 19 heavy (non-hydrogen) atoms. The van der Waals surface area contributed by atoms with Gasteiger partial charge in [0.2, 0.25) is 5.91 Å². The third-order valence-electron chi connectivity index (χ3n) is 3.38. The summed E-state index contributed by atoms with van der Waals surface area (Å²) < 4.78 is 5.55. The molecule has 104 valence electrons. The highest BCUT2D eigenvalue weighted by atomic mass is 16.5. The van der Waals surface area contributed by atoms with Crippen LogP contribution in [0.4, 0.5) is 5.69 Å². The molecule has 1 fully saturated rings. The highest BCUT2D eigenvalue weighted by Crippen LogP contribution is 2.14. The third-order valence-corrected chi connectivity index (χ3v) is 3.38. The van der Waals surface area contributed by atoms with E-state index in [1.165, 1.54) is 0 Å². The molecule has 1 aliphatic rings. The fourth-order valence-electron chi connectivity index (χ4n) is 2.20. The zero-order valence-electron chi connectivity index (χ0n) is 11.4. The molecule has 1 aromatic rings. The van der Waals surface area contributed by atoms with Crippen LogP contribution >= 0.6 is 0 Å². The van der Waals surface area contributed by atoms with E-state index in [2.05, 4.69) is 10.6 Å². The highest BCUT2D eigenvalue weighted by molar-refractivity contribution is 5.94. The smallest absolute Gasteiger partial charge is 0.241 e. The number of carbonyl (C=O) groups excluding carboxylic acids is 1. The zero-order chi connectivity index (χ0) is 13.5. The van der Waals surface area contributed by atoms with Crippen LogP contribution in [0.5, 0.6) is 0 Å². The molecule has 1 amide bonds. The molecule has 2 N–H and O–H groups in total. The van der Waals surface area contributed by atoms with Gasteiger partial charge in [0.1, 0.15) is 0 Å². The summed E-state index contributed by atoms with van der Waals surface area (Å²) >= 11 is 0. The van der Waals surface area contributed by atoms with Crippen molar-refractivity contribution in [2.75, 3.05) is 18.5 Å². The highest BCUT2D eigenvalue weighted by Gasteiger charge is 2.16. The molecule has 0 aliphatic carbocycles. The van der Waals surface area contributed by atoms with E-state index >= 15 is 0 Å². The van der Waals surface area contributed by atoms with Gasteiger partial charge in [0, 0.05) is 12.3 Å². The molecule has 1 saturated heterocycles. The van der Waals surface area contributed by atoms with E-state index in [0.29, 0.717) is 6.10 Å². The van der Waals surface area contributed by atoms with Gasteiger partial charge in [-0.1, -0.05) is 18.2 Å². The first-order valence-electron chi connectivity index (χ1n) is 6.96. The third kappa shape index (κ3) is 4.65. The average Bonchev–Trinajstić information content (AvgIpc) is 2.93. The van der Waals surface area contributed by atoms with Crippen molar-refractivity contribution in [1.82, 2.24) is 5.32 Å². The molecule has 0 aromatic heterocycles. The lowest BCUT2D eigenvalue weighted by molar-refractivity contribution is -0.117. The largest absolute Gasteiger partial charge is 0.378 e. The lowest BCUT2D eigenvalue weighted by atomic mass is 10.2. The minimum atomic E-state index is -0.193. The van der Waals surface area contributed by atoms with E-state index in [1.807, 2.05) is 37.3 Å². The van der Waals surface area contributed by atoms with E-state index in [-0.39, 0.29) is 11.9 Å². The first kappa shape index (κ1) is 14.0. The molecule has 4 nitrogen and oxygen atoms in total. The number of rotatable bonds is 6. The number of benzene rings is 1. The summed E-state index contributed by atoms with van der Waals surface area (Å²) in [5, 5.41) is 6.12. The Bertz CT molecular complexity index is 388. The summed E-state index contributed by atoms with van der Waals surface area (Å²) in [7, 11) is 0. The lowest BCUT2D eigenvalue weighted by Crippen LogP contribution is -2.39. The van der Waals surface area contributed by atoms with Crippen molar-refractivity contribution < 1.29 is 9.53 Å². The molecule has 2 unspecified atom stereocenters. The number of nitrogens with one attached hydrogen (secondary N) is 2. The average molecular weight is 262 g/mol. The first-order valence-corrected chi connectivity index (χ1v) is 6.96. The Hall–Kier alpha value is -1.39. The molecule has 2 rings (SSSR count). The fraction of sp³-hybridized carbons (Fsp3) is 0.533. The van der Waals surface area contributed by atoms with Gasteiger partial charge in [-0.25, -0.2) is 0 Å². The number of amides is 1. The van der Waals surface area contributed by atoms with Crippen molar-refractivity contribution in [2.24, 2.45) is 0 Å². The van der Waals surface area contributed by atoms with Crippen LogP contribution in [-0.2, 0) is 9.53 Å². The van der Waals surface area contributed by atoms with Gasteiger partial charge < -0.3 is 15.4 Å². The maximum Gasteiger partial charge on any atom is 0.241 e. The number of para-hydroxylation sites is 1. The van der Waals surface area contributed by atoms with Crippen LogP contribution in [0.3, 0.4) is 0 Å². The summed E-state index contributed by atoms with van der Waals surface area (Å²) in [4.78, 5) is 11.9. The van der Waals surface area contributed by atoms with Crippen molar-refractivity contribution in [3.05, 3.63) is 30.3 Å². The van der Waals surface area contributed by atoms with Gasteiger partial charge in [0.25, 0.3) is 0 Å². The van der Waals surface area contributed by atoms with E-state index < -0.39 is 0 Å². The van der Waals surface area contributed by atoms with Crippen LogP contribution in [-0.4, -0.2) is 31.2 Å². The van der Waals surface area contributed by atoms with Crippen molar-refractivity contribution in [3.8, 4) is 0 Å². The van der Waals surface area contributed by atoms with Gasteiger partial charge >= 0.3 is 0 Å². The molecule has 1 aliphatic heterocycles. The molecule has 2 atom stereocenters. The van der Waals surface area contributed by atoms with Gasteiger partial charge in [-0.3, -0.25) is 4.79 Å². The first-order chi connectivity index (χ1) is 9.25. The Morgan fingerprint density at radius 2 is 2.21 bits per heavy atom. The molecule has 0 saturated carbocycles. The second-order valence-electron chi connectivity index (χ2n) is 4.95. The van der Waals surface area contributed by atoms with Gasteiger partial charge in [-0.2, -0.15) is 0 Å². The molecule has 0 radical (unpaired) electrons. The van der Waals surface area contributed by atoms with Gasteiger partial charge in [-0.15, -0.1) is 0 Å². The maximum atomic E-state index is 11.9. The molecular formula is C15H22N2O2. The number of anilines is 1. The fourth-order valence-corrected chi connectivity index (χ4v) is 2.20. The van der Waals surface area contributed by atoms with Crippen LogP contribution in [0, 0.1) is 0 Å². The second-order valence-corrected chi connectivity index (χ2v) is 4.95. The van der Waals surface area contributed by atoms with Gasteiger partial charge in [0.05, 0.1) is 12.1 Å². The molecule has 0 bridgehead atoms. The second kappa shape index (κ2) is 7.26. The SMILES string of the molecule is CC(NCCC1CCCO1)C(=O)Nc1ccccc1. The Kier molecular flexibility index (Phi) is 5.36. The van der Waals surface area contributed by atoms with Crippen molar-refractivity contribution >= 4 is 11.6 Å². The van der Waals surface area contributed by atoms with E-state index in [0.717, 1.165) is 38.1 Å². The van der Waals surface area contributed by atoms with E-state index in [1.54, 1.807) is 0 Å². The normalized spacial score (nSPS) is 20.2. The molecular weight excluding hydrogens is 240 g/mol. The molecule has 1 heterocycles. The maximum absolute atomic E-state index is 11.9. The van der Waals surface area contributed by atoms with Crippen LogP contribution in [0.2, 0.25) is 0 Å². The van der Waals surface area contributed by atoms with E-state index in [9.17, 15) is 4.79 Å². The topological polar surface area (TPSA) is 50.4 Å². The van der Waals surface area contributed by atoms with Crippen molar-refractivity contribution in [3.63, 3.8) is 0 Å². The summed E-state index contributed by atoms with van der Waals surface area (Å²) in [5.74, 6) is -0.00135. The number of ether oxygens (including phenoxy) is 1. The van der Waals surface area contributed by atoms with Crippen LogP contribution in [0.1, 0.15) is 26.2 Å². The molecule has 1 aromatic carbocycles. The minimum absolute atomic E-state index is 0.00135. The number of hydrogen-bond donors (Lipinski definition) is 2. The molecule has 0 spiro atoms. The number of carbonyl (C=O) groups is 1. The lowest BCUT2D eigenvalue weighted by Gasteiger charge is -2.15. The van der Waals surface area contributed by atoms with Crippen LogP contribution < -0.4 is 10.6 Å². The molecule has 4 heteroatoms.